The second-order valence-corrected chi connectivity index (χ2v) is 10.6. The van der Waals surface area contributed by atoms with Crippen molar-refractivity contribution in [2.75, 3.05) is 0 Å². The average molecular weight is 669 g/mol. The van der Waals surface area contributed by atoms with Crippen molar-refractivity contribution >= 4 is 77.9 Å². The predicted octanol–water partition coefficient (Wildman–Crippen LogP) is 7.55. The van der Waals surface area contributed by atoms with Crippen molar-refractivity contribution in [1.29, 1.82) is 0 Å². The number of rotatable bonds is 8. The molecule has 3 aromatic carbocycles. The normalized spacial score (nSPS) is 11.4. The van der Waals surface area contributed by atoms with Gasteiger partial charge in [0.1, 0.15) is 12.4 Å². The summed E-state index contributed by atoms with van der Waals surface area (Å²) >= 11 is 18.9. The number of hydrogen-bond acceptors (Lipinski definition) is 6. The zero-order chi connectivity index (χ0) is 26.7. The highest BCUT2D eigenvalue weighted by molar-refractivity contribution is 9.10. The SMILES string of the molecule is CCCc1nc2ccc(Br)cc2c(=O)n1N=Cc1cc(Br)cc([N+](=O)[O-])c1OCc1ccc(Cl)cc1Cl. The highest BCUT2D eigenvalue weighted by Crippen LogP contribution is 2.35. The van der Waals surface area contributed by atoms with Gasteiger partial charge in [0.05, 0.1) is 22.0 Å². The molecule has 0 aliphatic rings. The topological polar surface area (TPSA) is 99.6 Å². The fourth-order valence-corrected chi connectivity index (χ4v) is 4.88. The molecule has 0 unspecified atom stereocenters. The summed E-state index contributed by atoms with van der Waals surface area (Å²) in [6.07, 6.45) is 2.60. The van der Waals surface area contributed by atoms with Gasteiger partial charge in [0.2, 0.25) is 5.75 Å². The molecule has 0 radical (unpaired) electrons. The minimum atomic E-state index is -0.551. The minimum absolute atomic E-state index is 0.0236. The highest BCUT2D eigenvalue weighted by atomic mass is 79.9. The Kier molecular flexibility index (Phi) is 8.63. The molecule has 8 nitrogen and oxygen atoms in total. The summed E-state index contributed by atoms with van der Waals surface area (Å²) in [6.45, 7) is 1.92. The van der Waals surface area contributed by atoms with Crippen LogP contribution in [0.25, 0.3) is 10.9 Å². The van der Waals surface area contributed by atoms with Gasteiger partial charge in [0.25, 0.3) is 5.56 Å². The van der Waals surface area contributed by atoms with Crippen molar-refractivity contribution in [1.82, 2.24) is 9.66 Å². The van der Waals surface area contributed by atoms with Gasteiger partial charge in [-0.1, -0.05) is 68.1 Å². The maximum absolute atomic E-state index is 13.3. The van der Waals surface area contributed by atoms with Gasteiger partial charge in [-0.2, -0.15) is 9.78 Å². The molecule has 0 N–H and O–H groups in total. The zero-order valence-corrected chi connectivity index (χ0v) is 23.9. The summed E-state index contributed by atoms with van der Waals surface area (Å²) in [7, 11) is 0. The Labute approximate surface area is 238 Å². The van der Waals surface area contributed by atoms with E-state index in [0.717, 1.165) is 10.9 Å². The summed E-state index contributed by atoms with van der Waals surface area (Å²) in [5.41, 5.74) is 0.811. The second kappa shape index (κ2) is 11.7. The van der Waals surface area contributed by atoms with Crippen LogP contribution in [-0.4, -0.2) is 20.8 Å². The van der Waals surface area contributed by atoms with Gasteiger partial charge in [-0.15, -0.1) is 0 Å². The average Bonchev–Trinajstić information content (AvgIpc) is 2.84. The van der Waals surface area contributed by atoms with Gasteiger partial charge in [-0.3, -0.25) is 14.9 Å². The van der Waals surface area contributed by atoms with E-state index in [9.17, 15) is 14.9 Å². The maximum atomic E-state index is 13.3. The first-order valence-electron chi connectivity index (χ1n) is 11.0. The summed E-state index contributed by atoms with van der Waals surface area (Å²) in [5.74, 6) is 0.447. The molecule has 190 valence electrons. The molecule has 4 aromatic rings. The monoisotopic (exact) mass is 666 g/mol. The van der Waals surface area contributed by atoms with Crippen LogP contribution in [0.4, 0.5) is 5.69 Å². The molecular formula is C25H18Br2Cl2N4O4. The number of aromatic nitrogens is 2. The van der Waals surface area contributed by atoms with Crippen molar-refractivity contribution in [2.24, 2.45) is 5.10 Å². The molecule has 0 saturated heterocycles. The first-order chi connectivity index (χ1) is 17.7. The second-order valence-electron chi connectivity index (χ2n) is 7.93. The smallest absolute Gasteiger partial charge is 0.312 e. The van der Waals surface area contributed by atoms with Crippen LogP contribution in [-0.2, 0) is 13.0 Å². The van der Waals surface area contributed by atoms with E-state index >= 15 is 0 Å². The Morgan fingerprint density at radius 2 is 1.92 bits per heavy atom. The number of nitrogens with zero attached hydrogens (tertiary/aromatic N) is 4. The third-order valence-corrected chi connectivity index (χ3v) is 6.85. The van der Waals surface area contributed by atoms with Crippen molar-refractivity contribution in [3.63, 3.8) is 0 Å². The molecule has 0 aliphatic heterocycles. The van der Waals surface area contributed by atoms with Gasteiger partial charge >= 0.3 is 5.69 Å². The van der Waals surface area contributed by atoms with E-state index in [0.29, 0.717) is 43.2 Å². The molecule has 12 heteroatoms. The van der Waals surface area contributed by atoms with Crippen molar-refractivity contribution in [3.05, 3.63) is 105 Å². The molecule has 1 heterocycles. The van der Waals surface area contributed by atoms with Gasteiger partial charge in [0.15, 0.2) is 0 Å². The van der Waals surface area contributed by atoms with E-state index in [2.05, 4.69) is 41.9 Å². The van der Waals surface area contributed by atoms with Crippen molar-refractivity contribution < 1.29 is 9.66 Å². The Morgan fingerprint density at radius 1 is 1.14 bits per heavy atom. The molecule has 0 bridgehead atoms. The number of fused-ring (bicyclic) bond motifs is 1. The number of ether oxygens (including phenoxy) is 1. The van der Waals surface area contributed by atoms with Gasteiger partial charge in [0, 0.05) is 42.6 Å². The van der Waals surface area contributed by atoms with Gasteiger partial charge < -0.3 is 4.74 Å². The van der Waals surface area contributed by atoms with E-state index in [1.165, 1.54) is 17.0 Å². The number of hydrogen-bond donors (Lipinski definition) is 0. The lowest BCUT2D eigenvalue weighted by Crippen LogP contribution is -2.22. The molecule has 4 rings (SSSR count). The lowest BCUT2D eigenvalue weighted by molar-refractivity contribution is -0.386. The maximum Gasteiger partial charge on any atom is 0.312 e. The summed E-state index contributed by atoms with van der Waals surface area (Å²) < 4.78 is 8.27. The molecule has 0 spiro atoms. The van der Waals surface area contributed by atoms with Crippen LogP contribution in [0, 0.1) is 10.1 Å². The van der Waals surface area contributed by atoms with E-state index in [1.54, 1.807) is 36.4 Å². The molecule has 0 aliphatic carbocycles. The Hall–Kier alpha value is -2.79. The highest BCUT2D eigenvalue weighted by Gasteiger charge is 2.21. The van der Waals surface area contributed by atoms with Gasteiger partial charge in [-0.05, 0) is 42.8 Å². The standard InChI is InChI=1S/C25H18Br2Cl2N4O4/c1-2-3-23-31-21-7-5-16(26)9-19(21)25(34)32(23)30-12-15-8-17(27)10-22(33(35)36)24(15)37-13-14-4-6-18(28)11-20(14)29/h4-12H,2-3,13H2,1H3. The van der Waals surface area contributed by atoms with Crippen LogP contribution in [0.1, 0.15) is 30.3 Å². The zero-order valence-electron chi connectivity index (χ0n) is 19.3. The van der Waals surface area contributed by atoms with E-state index < -0.39 is 4.92 Å². The quantitative estimate of drug-likeness (QED) is 0.110. The molecule has 37 heavy (non-hydrogen) atoms. The first-order valence-corrected chi connectivity index (χ1v) is 13.3. The number of nitro groups is 1. The number of benzene rings is 3. The van der Waals surface area contributed by atoms with Crippen LogP contribution in [0.5, 0.6) is 5.75 Å². The van der Waals surface area contributed by atoms with Gasteiger partial charge in [-0.25, -0.2) is 4.98 Å². The largest absolute Gasteiger partial charge is 0.481 e. The predicted molar refractivity (Wildman–Crippen MR) is 152 cm³/mol. The first kappa shape index (κ1) is 27.3. The lowest BCUT2D eigenvalue weighted by Gasteiger charge is -2.12. The van der Waals surface area contributed by atoms with E-state index in [1.807, 2.05) is 13.0 Å². The van der Waals surface area contributed by atoms with Crippen molar-refractivity contribution in [3.8, 4) is 5.75 Å². The fraction of sp³-hybridized carbons (Fsp3) is 0.160. The molecule has 0 fully saturated rings. The summed E-state index contributed by atoms with van der Waals surface area (Å²) in [6, 6.07) is 13.1. The van der Waals surface area contributed by atoms with Crippen LogP contribution in [0.2, 0.25) is 10.0 Å². The van der Waals surface area contributed by atoms with E-state index in [4.69, 9.17) is 27.9 Å². The molecular weight excluding hydrogens is 651 g/mol. The van der Waals surface area contributed by atoms with Crippen LogP contribution in [0.3, 0.4) is 0 Å². The number of nitro benzene ring substituents is 1. The lowest BCUT2D eigenvalue weighted by atomic mass is 10.2. The molecule has 1 aromatic heterocycles. The minimum Gasteiger partial charge on any atom is -0.481 e. The molecule has 0 atom stereocenters. The Bertz CT molecular complexity index is 1610. The van der Waals surface area contributed by atoms with E-state index in [-0.39, 0.29) is 29.2 Å². The van der Waals surface area contributed by atoms with Crippen LogP contribution in [0.15, 0.2) is 67.4 Å². The molecule has 0 amide bonds. The number of halogens is 4. The summed E-state index contributed by atoms with van der Waals surface area (Å²) in [4.78, 5) is 29.2. The Balaban J connectivity index is 1.81. The van der Waals surface area contributed by atoms with Crippen LogP contribution >= 0.6 is 55.1 Å². The Morgan fingerprint density at radius 3 is 2.62 bits per heavy atom. The molecule has 0 saturated carbocycles. The summed E-state index contributed by atoms with van der Waals surface area (Å²) in [5, 5.41) is 17.5. The number of aryl methyl sites for hydroxylation is 1. The third-order valence-electron chi connectivity index (χ3n) is 5.31. The van der Waals surface area contributed by atoms with Crippen LogP contribution < -0.4 is 10.3 Å². The fourth-order valence-electron chi connectivity index (χ4n) is 3.60. The van der Waals surface area contributed by atoms with Crippen molar-refractivity contribution in [2.45, 2.75) is 26.4 Å². The third kappa shape index (κ3) is 6.20.